The van der Waals surface area contributed by atoms with Crippen molar-refractivity contribution in [3.8, 4) is 0 Å². The second-order valence-corrected chi connectivity index (χ2v) is 6.71. The van der Waals surface area contributed by atoms with Gasteiger partial charge in [-0.15, -0.1) is 24.8 Å². The van der Waals surface area contributed by atoms with E-state index in [2.05, 4.69) is 27.2 Å². The van der Waals surface area contributed by atoms with Gasteiger partial charge < -0.3 is 10.2 Å². The Morgan fingerprint density at radius 3 is 2.38 bits per heavy atom. The number of halogens is 3. The summed E-state index contributed by atoms with van der Waals surface area (Å²) in [6, 6.07) is 8.03. The number of nitrogens with one attached hydrogen (secondary N) is 1. The summed E-state index contributed by atoms with van der Waals surface area (Å²) in [4.78, 5) is 17.0. The first kappa shape index (κ1) is 21.5. The number of nitrogens with zero attached hydrogens (tertiary/aromatic N) is 2. The molecule has 24 heavy (non-hydrogen) atoms. The van der Waals surface area contributed by atoms with Gasteiger partial charge in [-0.25, -0.2) is 0 Å². The normalized spacial score (nSPS) is 21.5. The lowest BCUT2D eigenvalue weighted by atomic mass is 9.98. The van der Waals surface area contributed by atoms with Crippen LogP contribution in [0.25, 0.3) is 0 Å². The van der Waals surface area contributed by atoms with Gasteiger partial charge in [0.25, 0.3) is 0 Å². The lowest BCUT2D eigenvalue weighted by Crippen LogP contribution is -2.51. The smallest absolute Gasteiger partial charge is 0.227 e. The van der Waals surface area contributed by atoms with Crippen LogP contribution in [0.15, 0.2) is 24.3 Å². The lowest BCUT2D eigenvalue weighted by Gasteiger charge is -2.37. The molecule has 0 radical (unpaired) electrons. The molecule has 1 unspecified atom stereocenters. The number of carbonyl (C=O) groups excluding carboxylic acids is 1. The molecule has 0 aromatic heterocycles. The molecule has 3 rings (SSSR count). The number of piperidine rings is 1. The molecule has 1 atom stereocenters. The summed E-state index contributed by atoms with van der Waals surface area (Å²) in [5.74, 6) is 0.537. The van der Waals surface area contributed by atoms with Gasteiger partial charge in [-0.1, -0.05) is 23.7 Å². The summed E-state index contributed by atoms with van der Waals surface area (Å²) in [6.07, 6.45) is 2.16. The molecular formula is C17H26Cl3N3O. The highest BCUT2D eigenvalue weighted by molar-refractivity contribution is 6.30. The van der Waals surface area contributed by atoms with Crippen LogP contribution in [0.5, 0.6) is 0 Å². The first-order valence-corrected chi connectivity index (χ1v) is 8.56. The van der Waals surface area contributed by atoms with E-state index in [1.807, 2.05) is 12.1 Å². The Labute approximate surface area is 161 Å². The Hall–Kier alpha value is -0.520. The van der Waals surface area contributed by atoms with E-state index in [0.29, 0.717) is 5.91 Å². The molecule has 2 saturated heterocycles. The maximum atomic E-state index is 12.5. The van der Waals surface area contributed by atoms with E-state index < -0.39 is 0 Å². The highest BCUT2D eigenvalue weighted by atomic mass is 35.5. The molecule has 0 spiro atoms. The van der Waals surface area contributed by atoms with Gasteiger partial charge in [-0.05, 0) is 37.1 Å². The second-order valence-electron chi connectivity index (χ2n) is 6.27. The fourth-order valence-corrected chi connectivity index (χ4v) is 3.42. The van der Waals surface area contributed by atoms with E-state index in [1.54, 1.807) is 0 Å². The van der Waals surface area contributed by atoms with Gasteiger partial charge in [-0.3, -0.25) is 9.69 Å². The quantitative estimate of drug-likeness (QED) is 0.856. The summed E-state index contributed by atoms with van der Waals surface area (Å²) in [5, 5.41) is 4.11. The molecule has 0 aliphatic carbocycles. The van der Waals surface area contributed by atoms with E-state index in [9.17, 15) is 4.79 Å². The molecule has 2 aliphatic heterocycles. The average molecular weight is 395 g/mol. The highest BCUT2D eigenvalue weighted by Crippen LogP contribution is 2.16. The van der Waals surface area contributed by atoms with Crippen molar-refractivity contribution in [1.82, 2.24) is 15.1 Å². The van der Waals surface area contributed by atoms with Crippen molar-refractivity contribution < 1.29 is 4.79 Å². The third-order valence-electron chi connectivity index (χ3n) is 4.65. The van der Waals surface area contributed by atoms with E-state index in [4.69, 9.17) is 11.6 Å². The molecule has 2 heterocycles. The van der Waals surface area contributed by atoms with Crippen LogP contribution < -0.4 is 5.32 Å². The first-order valence-electron chi connectivity index (χ1n) is 8.19. The fraction of sp³-hybridized carbons (Fsp3) is 0.588. The zero-order valence-electron chi connectivity index (χ0n) is 13.7. The average Bonchev–Trinajstić information content (AvgIpc) is 2.58. The monoisotopic (exact) mass is 393 g/mol. The molecule has 1 N–H and O–H groups in total. The molecule has 1 amide bonds. The Balaban J connectivity index is 0.00000144. The minimum atomic E-state index is 0. The molecule has 2 fully saturated rings. The number of piperazine rings is 1. The minimum Gasteiger partial charge on any atom is -0.340 e. The van der Waals surface area contributed by atoms with Crippen molar-refractivity contribution in [3.63, 3.8) is 0 Å². The Bertz CT molecular complexity index is 498. The van der Waals surface area contributed by atoms with Gasteiger partial charge in [0.05, 0.1) is 5.92 Å². The van der Waals surface area contributed by atoms with E-state index in [1.165, 1.54) is 5.56 Å². The summed E-state index contributed by atoms with van der Waals surface area (Å²) in [7, 11) is 0. The van der Waals surface area contributed by atoms with Crippen molar-refractivity contribution in [2.45, 2.75) is 19.4 Å². The van der Waals surface area contributed by atoms with Crippen molar-refractivity contribution in [3.05, 3.63) is 34.9 Å². The van der Waals surface area contributed by atoms with Crippen LogP contribution in [0.4, 0.5) is 0 Å². The predicted molar refractivity (Wildman–Crippen MR) is 103 cm³/mol. The molecule has 2 aliphatic rings. The van der Waals surface area contributed by atoms with Crippen LogP contribution >= 0.6 is 36.4 Å². The molecule has 1 aromatic rings. The second kappa shape index (κ2) is 10.5. The topological polar surface area (TPSA) is 35.6 Å². The molecule has 136 valence electrons. The van der Waals surface area contributed by atoms with Crippen LogP contribution in [0.1, 0.15) is 18.4 Å². The van der Waals surface area contributed by atoms with Crippen molar-refractivity contribution in [1.29, 1.82) is 0 Å². The van der Waals surface area contributed by atoms with Crippen molar-refractivity contribution >= 4 is 42.3 Å². The Morgan fingerprint density at radius 2 is 1.79 bits per heavy atom. The van der Waals surface area contributed by atoms with Gasteiger partial charge in [-0.2, -0.15) is 0 Å². The number of hydrogen-bond donors (Lipinski definition) is 1. The minimum absolute atomic E-state index is 0. The Morgan fingerprint density at radius 1 is 1.12 bits per heavy atom. The van der Waals surface area contributed by atoms with Gasteiger partial charge in [0, 0.05) is 44.3 Å². The largest absolute Gasteiger partial charge is 0.340 e. The zero-order chi connectivity index (χ0) is 15.4. The van der Waals surface area contributed by atoms with Gasteiger partial charge >= 0.3 is 0 Å². The number of hydrogen-bond acceptors (Lipinski definition) is 3. The molecule has 7 heteroatoms. The maximum absolute atomic E-state index is 12.5. The van der Waals surface area contributed by atoms with E-state index in [0.717, 1.165) is 63.7 Å². The van der Waals surface area contributed by atoms with Crippen molar-refractivity contribution in [2.75, 3.05) is 39.3 Å². The zero-order valence-corrected chi connectivity index (χ0v) is 16.1. The number of amides is 1. The van der Waals surface area contributed by atoms with Crippen LogP contribution in [0.2, 0.25) is 5.02 Å². The van der Waals surface area contributed by atoms with Crippen molar-refractivity contribution in [2.24, 2.45) is 5.92 Å². The lowest BCUT2D eigenvalue weighted by molar-refractivity contribution is -0.137. The predicted octanol–water partition coefficient (Wildman–Crippen LogP) is 2.83. The molecule has 4 nitrogen and oxygen atoms in total. The van der Waals surface area contributed by atoms with Crippen LogP contribution in [0, 0.1) is 5.92 Å². The third-order valence-corrected chi connectivity index (χ3v) is 4.90. The summed E-state index contributed by atoms with van der Waals surface area (Å²) in [6.45, 7) is 6.45. The van der Waals surface area contributed by atoms with E-state index in [-0.39, 0.29) is 30.7 Å². The summed E-state index contributed by atoms with van der Waals surface area (Å²) < 4.78 is 0. The molecule has 0 saturated carbocycles. The Kier molecular flexibility index (Phi) is 9.39. The van der Waals surface area contributed by atoms with Crippen LogP contribution in [-0.2, 0) is 11.3 Å². The van der Waals surface area contributed by atoms with Gasteiger partial charge in [0.1, 0.15) is 0 Å². The van der Waals surface area contributed by atoms with Crippen LogP contribution in [0.3, 0.4) is 0 Å². The van der Waals surface area contributed by atoms with Crippen LogP contribution in [-0.4, -0.2) is 55.0 Å². The third kappa shape index (κ3) is 5.78. The SMILES string of the molecule is Cl.Cl.O=C(C1CCCNC1)N1CCN(Cc2ccc(Cl)cc2)CC1. The van der Waals surface area contributed by atoms with Gasteiger partial charge in [0.2, 0.25) is 5.91 Å². The maximum Gasteiger partial charge on any atom is 0.227 e. The number of benzene rings is 1. The number of carbonyl (C=O) groups is 1. The molecular weight excluding hydrogens is 369 g/mol. The summed E-state index contributed by atoms with van der Waals surface area (Å²) in [5.41, 5.74) is 1.28. The number of rotatable bonds is 3. The fourth-order valence-electron chi connectivity index (χ4n) is 3.30. The van der Waals surface area contributed by atoms with E-state index >= 15 is 0 Å². The molecule has 1 aromatic carbocycles. The van der Waals surface area contributed by atoms with Gasteiger partial charge in [0.15, 0.2) is 0 Å². The standard InChI is InChI=1S/C17H24ClN3O.2ClH/c18-16-5-3-14(4-6-16)13-20-8-10-21(11-9-20)17(22)15-2-1-7-19-12-15;;/h3-6,15,19H,1-2,7-13H2;2*1H. The summed E-state index contributed by atoms with van der Waals surface area (Å²) >= 11 is 5.92. The molecule has 0 bridgehead atoms. The first-order chi connectivity index (χ1) is 10.7. The highest BCUT2D eigenvalue weighted by Gasteiger charge is 2.28.